The third-order valence-corrected chi connectivity index (χ3v) is 5.45. The molecular formula is C30H53N3O11. The molecule has 14 heteroatoms. The number of nitrogens with one attached hydrogen (secondary N) is 3. The minimum atomic E-state index is -0.109. The van der Waals surface area contributed by atoms with Gasteiger partial charge >= 0.3 is 0 Å². The Balaban J connectivity index is 1.69. The molecule has 0 saturated heterocycles. The number of hydrogen-bond acceptors (Lipinski definition) is 12. The van der Waals surface area contributed by atoms with Crippen molar-refractivity contribution >= 4 is 17.5 Å². The molecule has 14 nitrogen and oxygen atoms in total. The average molecular weight is 632 g/mol. The first-order chi connectivity index (χ1) is 21.6. The molecule has 44 heavy (non-hydrogen) atoms. The summed E-state index contributed by atoms with van der Waals surface area (Å²) in [6.07, 6.45) is 0.464. The first-order valence-electron chi connectivity index (χ1n) is 15.2. The SMILES string of the molecule is CNCCC(=O)NCCOCCOCCOCCOCCOCCOCCOCCOCCOc1ccc(NC(C)=O)cc1. The van der Waals surface area contributed by atoms with Gasteiger partial charge in [-0.3, -0.25) is 9.59 Å². The topological polar surface area (TPSA) is 153 Å². The molecule has 0 heterocycles. The van der Waals surface area contributed by atoms with Gasteiger partial charge in [-0.25, -0.2) is 0 Å². The smallest absolute Gasteiger partial charge is 0.221 e. The van der Waals surface area contributed by atoms with Crippen LogP contribution in [0.3, 0.4) is 0 Å². The van der Waals surface area contributed by atoms with Crippen LogP contribution in [0.1, 0.15) is 13.3 Å². The number of hydrogen-bond donors (Lipinski definition) is 3. The van der Waals surface area contributed by atoms with Gasteiger partial charge in [-0.05, 0) is 31.3 Å². The third kappa shape index (κ3) is 27.2. The van der Waals surface area contributed by atoms with E-state index in [4.69, 9.17) is 42.6 Å². The van der Waals surface area contributed by atoms with Gasteiger partial charge in [0.2, 0.25) is 11.8 Å². The summed E-state index contributed by atoms with van der Waals surface area (Å²) >= 11 is 0. The molecule has 2 amide bonds. The second kappa shape index (κ2) is 30.6. The summed E-state index contributed by atoms with van der Waals surface area (Å²) in [5.74, 6) is 0.620. The highest BCUT2D eigenvalue weighted by molar-refractivity contribution is 5.88. The third-order valence-electron chi connectivity index (χ3n) is 5.45. The van der Waals surface area contributed by atoms with Crippen molar-refractivity contribution in [2.75, 3.05) is 138 Å². The molecule has 254 valence electrons. The molecular weight excluding hydrogens is 578 g/mol. The highest BCUT2D eigenvalue weighted by atomic mass is 16.6. The van der Waals surface area contributed by atoms with Gasteiger partial charge in [0, 0.05) is 32.1 Å². The number of ether oxygens (including phenoxy) is 9. The molecule has 0 spiro atoms. The fourth-order valence-corrected chi connectivity index (χ4v) is 3.29. The van der Waals surface area contributed by atoms with Crippen LogP contribution in [-0.4, -0.2) is 144 Å². The van der Waals surface area contributed by atoms with E-state index in [0.717, 1.165) is 5.69 Å². The van der Waals surface area contributed by atoms with Crippen LogP contribution in [0, 0.1) is 0 Å². The Bertz CT molecular complexity index is 803. The van der Waals surface area contributed by atoms with Crippen molar-refractivity contribution < 1.29 is 52.2 Å². The van der Waals surface area contributed by atoms with E-state index in [1.54, 1.807) is 24.3 Å². The lowest BCUT2D eigenvalue weighted by atomic mass is 10.3. The maximum Gasteiger partial charge on any atom is 0.221 e. The fourth-order valence-electron chi connectivity index (χ4n) is 3.29. The van der Waals surface area contributed by atoms with Gasteiger partial charge in [0.05, 0.1) is 106 Å². The van der Waals surface area contributed by atoms with E-state index in [-0.39, 0.29) is 11.8 Å². The van der Waals surface area contributed by atoms with Gasteiger partial charge in [-0.2, -0.15) is 0 Å². The second-order valence-corrected chi connectivity index (χ2v) is 9.16. The quantitative estimate of drug-likeness (QED) is 0.0968. The summed E-state index contributed by atoms with van der Waals surface area (Å²) in [4.78, 5) is 22.4. The van der Waals surface area contributed by atoms with Crippen molar-refractivity contribution in [3.63, 3.8) is 0 Å². The Morgan fingerprint density at radius 3 is 1.32 bits per heavy atom. The van der Waals surface area contributed by atoms with E-state index in [2.05, 4.69) is 16.0 Å². The molecule has 0 unspecified atom stereocenters. The van der Waals surface area contributed by atoms with Crippen LogP contribution < -0.4 is 20.7 Å². The molecule has 0 bridgehead atoms. The van der Waals surface area contributed by atoms with Gasteiger partial charge in [-0.15, -0.1) is 0 Å². The van der Waals surface area contributed by atoms with Gasteiger partial charge in [0.1, 0.15) is 12.4 Å². The molecule has 0 aliphatic carbocycles. The number of amides is 2. The first kappa shape index (κ1) is 39.6. The molecule has 1 aromatic rings. The van der Waals surface area contributed by atoms with Crippen LogP contribution in [0.15, 0.2) is 24.3 Å². The molecule has 3 N–H and O–H groups in total. The summed E-state index contributed by atoms with van der Waals surface area (Å²) in [5.41, 5.74) is 0.730. The fraction of sp³-hybridized carbons (Fsp3) is 0.733. The van der Waals surface area contributed by atoms with E-state index >= 15 is 0 Å². The Kier molecular flexibility index (Phi) is 27.6. The summed E-state index contributed by atoms with van der Waals surface area (Å²) in [7, 11) is 1.81. The van der Waals surface area contributed by atoms with E-state index < -0.39 is 0 Å². The van der Waals surface area contributed by atoms with E-state index in [1.807, 2.05) is 7.05 Å². The number of rotatable bonds is 32. The molecule has 0 atom stereocenters. The Morgan fingerprint density at radius 2 is 0.932 bits per heavy atom. The van der Waals surface area contributed by atoms with Crippen molar-refractivity contribution in [2.24, 2.45) is 0 Å². The zero-order valence-electron chi connectivity index (χ0n) is 26.4. The van der Waals surface area contributed by atoms with Crippen molar-refractivity contribution in [2.45, 2.75) is 13.3 Å². The monoisotopic (exact) mass is 631 g/mol. The average Bonchev–Trinajstić information content (AvgIpc) is 3.01. The largest absolute Gasteiger partial charge is 0.491 e. The summed E-state index contributed by atoms with van der Waals surface area (Å²) in [6.45, 7) is 10.8. The molecule has 0 radical (unpaired) electrons. The molecule has 0 aromatic heterocycles. The van der Waals surface area contributed by atoms with Gasteiger partial charge in [-0.1, -0.05) is 0 Å². The van der Waals surface area contributed by atoms with Crippen molar-refractivity contribution in [3.05, 3.63) is 24.3 Å². The van der Waals surface area contributed by atoms with Crippen molar-refractivity contribution in [1.29, 1.82) is 0 Å². The summed E-state index contributed by atoms with van der Waals surface area (Å²) in [6, 6.07) is 7.17. The van der Waals surface area contributed by atoms with Crippen LogP contribution in [0.25, 0.3) is 0 Å². The predicted molar refractivity (Wildman–Crippen MR) is 164 cm³/mol. The normalized spacial score (nSPS) is 11.0. The Hall–Kier alpha value is -2.40. The van der Waals surface area contributed by atoms with Crippen molar-refractivity contribution in [3.8, 4) is 5.75 Å². The lowest BCUT2D eigenvalue weighted by Gasteiger charge is -2.09. The predicted octanol–water partition coefficient (Wildman–Crippen LogP) is 0.882. The number of carbonyl (C=O) groups is 2. The standard InChI is InChI=1S/C30H53N3O11/c1-27(34)33-28-3-5-29(6-4-28)44-26-25-43-24-23-42-22-21-41-20-19-40-18-17-39-16-15-38-14-13-37-12-11-36-10-9-32-30(35)7-8-31-2/h3-6,31H,7-26H2,1-2H3,(H,32,35)(H,33,34). The molecule has 1 rings (SSSR count). The number of benzene rings is 1. The van der Waals surface area contributed by atoms with Gasteiger partial charge < -0.3 is 58.6 Å². The van der Waals surface area contributed by atoms with Crippen LogP contribution in [0.2, 0.25) is 0 Å². The zero-order chi connectivity index (χ0) is 31.8. The highest BCUT2D eigenvalue weighted by Crippen LogP contribution is 2.15. The van der Waals surface area contributed by atoms with Crippen LogP contribution >= 0.6 is 0 Å². The summed E-state index contributed by atoms with van der Waals surface area (Å²) < 4.78 is 49.2. The molecule has 0 saturated carbocycles. The zero-order valence-corrected chi connectivity index (χ0v) is 26.4. The maximum absolute atomic E-state index is 11.4. The Morgan fingerprint density at radius 1 is 0.545 bits per heavy atom. The van der Waals surface area contributed by atoms with Gasteiger partial charge in [0.25, 0.3) is 0 Å². The first-order valence-corrected chi connectivity index (χ1v) is 15.2. The molecule has 1 aromatic carbocycles. The molecule has 0 fully saturated rings. The minimum Gasteiger partial charge on any atom is -0.491 e. The maximum atomic E-state index is 11.4. The summed E-state index contributed by atoms with van der Waals surface area (Å²) in [5, 5.41) is 8.42. The van der Waals surface area contributed by atoms with E-state index in [1.165, 1.54) is 6.92 Å². The van der Waals surface area contributed by atoms with Gasteiger partial charge in [0.15, 0.2) is 0 Å². The van der Waals surface area contributed by atoms with Crippen molar-refractivity contribution in [1.82, 2.24) is 10.6 Å². The molecule has 0 aliphatic heterocycles. The van der Waals surface area contributed by atoms with Crippen LogP contribution in [-0.2, 0) is 47.5 Å². The lowest BCUT2D eigenvalue weighted by Crippen LogP contribution is -2.29. The number of anilines is 1. The van der Waals surface area contributed by atoms with E-state index in [9.17, 15) is 9.59 Å². The lowest BCUT2D eigenvalue weighted by molar-refractivity contribution is -0.121. The minimum absolute atomic E-state index is 0.0145. The van der Waals surface area contributed by atoms with E-state index in [0.29, 0.717) is 138 Å². The second-order valence-electron chi connectivity index (χ2n) is 9.16. The van der Waals surface area contributed by atoms with Crippen LogP contribution in [0.4, 0.5) is 5.69 Å². The number of carbonyl (C=O) groups excluding carboxylic acids is 2. The molecule has 0 aliphatic rings. The van der Waals surface area contributed by atoms with Crippen LogP contribution in [0.5, 0.6) is 5.75 Å². The Labute approximate surface area is 261 Å². The highest BCUT2D eigenvalue weighted by Gasteiger charge is 2.00.